The maximum atomic E-state index is 12.0. The van der Waals surface area contributed by atoms with Gasteiger partial charge in [-0.3, -0.25) is 28.4 Å². The maximum absolute atomic E-state index is 12.0. The first kappa shape index (κ1) is 76.1. The molecule has 31 heteroatoms. The molecule has 9 N–H and O–H groups in total. The number of urea groups is 2. The number of nitrogens with zero attached hydrogens (tertiary/aromatic N) is 2. The molecule has 85 heavy (non-hydrogen) atoms. The number of terminal acetylenes is 2. The van der Waals surface area contributed by atoms with Crippen molar-refractivity contribution >= 4 is 83.5 Å². The van der Waals surface area contributed by atoms with E-state index in [2.05, 4.69) is 72.3 Å². The molecule has 0 saturated carbocycles. The largest absolute Gasteiger partial charge is 0.379 e. The molecule has 5 saturated heterocycles. The molecule has 5 aliphatic rings. The lowest BCUT2D eigenvalue weighted by Crippen LogP contribution is -2.36. The number of alkyl halides is 1. The molecule has 0 aromatic rings. The van der Waals surface area contributed by atoms with Crippen molar-refractivity contribution in [3.63, 3.8) is 0 Å². The lowest BCUT2D eigenvalue weighted by atomic mass is 10.0. The molecule has 0 radical (unpaired) electrons. The van der Waals surface area contributed by atoms with Gasteiger partial charge in [-0.15, -0.1) is 17.9 Å². The van der Waals surface area contributed by atoms with Crippen LogP contribution in [0.3, 0.4) is 0 Å². The molecule has 484 valence electrons. The topological polar surface area (TPSA) is 345 Å². The van der Waals surface area contributed by atoms with Crippen LogP contribution in [0.4, 0.5) is 14.0 Å². The van der Waals surface area contributed by atoms with Crippen LogP contribution in [0.15, 0.2) is 4.36 Å². The zero-order valence-electron chi connectivity index (χ0n) is 49.9. The van der Waals surface area contributed by atoms with Gasteiger partial charge in [0.05, 0.1) is 158 Å². The summed E-state index contributed by atoms with van der Waals surface area (Å²) in [7, 11) is 0.565. The summed E-state index contributed by atoms with van der Waals surface area (Å²) < 4.78 is 61.6. The summed E-state index contributed by atoms with van der Waals surface area (Å²) in [5.74, 6) is 4.65. The number of fused-ring (bicyclic) bond motifs is 2. The van der Waals surface area contributed by atoms with Crippen LogP contribution in [0.2, 0.25) is 0 Å². The molecule has 0 aromatic heterocycles. The molecule has 5 fully saturated rings. The minimum Gasteiger partial charge on any atom is -0.379 e. The lowest BCUT2D eigenvalue weighted by molar-refractivity contribution is -0.198. The van der Waals surface area contributed by atoms with E-state index in [1.807, 2.05) is 23.5 Å². The van der Waals surface area contributed by atoms with Gasteiger partial charge < -0.3 is 85.7 Å². The first-order chi connectivity index (χ1) is 41.8. The molecule has 6 unspecified atom stereocenters. The van der Waals surface area contributed by atoms with Crippen LogP contribution in [0.25, 0.3) is 0 Å². The van der Waals surface area contributed by atoms with E-state index >= 15 is 0 Å². The van der Waals surface area contributed by atoms with Crippen molar-refractivity contribution in [2.75, 3.05) is 158 Å². The van der Waals surface area contributed by atoms with Crippen molar-refractivity contribution < 1.29 is 86.8 Å². The molecule has 27 nitrogen and oxygen atoms in total. The first-order valence-corrected chi connectivity index (χ1v) is 30.7. The second kappa shape index (κ2) is 53.2. The first-order valence-electron chi connectivity index (χ1n) is 29.0. The SMILES string of the molecule is C#CCN.C#CCNC(=O)CCOCCOCCOCCOCCNC(=O)CCCCC1SCC2NC(=O)NC21.CN=S.O=C(CCCCC1SCC2NC(=O)NC21)NCCOCCOCCOCCOCCC(=O)ON1C(=O)CCC1=O.[2H]CF. The van der Waals surface area contributed by atoms with Gasteiger partial charge >= 0.3 is 18.0 Å². The molecule has 0 bridgehead atoms. The highest BCUT2D eigenvalue weighted by atomic mass is 32.2. The Hall–Kier alpha value is -5.03. The number of hydroxylamine groups is 2. The summed E-state index contributed by atoms with van der Waals surface area (Å²) in [6.45, 7) is 7.65. The summed E-state index contributed by atoms with van der Waals surface area (Å²) >= 11 is 7.80. The molecule has 0 aromatic carbocycles. The minimum atomic E-state index is -1.00. The number of unbranched alkanes of at least 4 members (excludes halogenated alkanes) is 2. The minimum absolute atomic E-state index is 0.0174. The van der Waals surface area contributed by atoms with Gasteiger partial charge in [0.1, 0.15) is 0 Å². The van der Waals surface area contributed by atoms with Crippen LogP contribution in [-0.2, 0) is 83.9 Å². The molecular formula is C54H91FN10O17S3. The number of halogens is 1. The van der Waals surface area contributed by atoms with Gasteiger partial charge in [-0.25, -0.2) is 18.7 Å². The standard InChI is InChI=1S/C25H40N4O10S.C24H40N4O7S.C3H5N.CH3F.CH3NS/c30-20(4-2-1-3-19-24-18(17-40-19)27-25(34)28-24)26-8-10-36-12-14-38-16-15-37-13-11-35-9-7-23(33)39-29-21(31)5-6-22(29)32;1-2-8-25-22(30)7-10-32-12-14-34-16-17-35-15-13-33-11-9-26-21(29)6-4-3-5-20-23-19(18-36-20)27-24(31)28-23;1-2-3-4;1-2;1-2-3/h18-19,24H,1-17H2,(H,26,30)(H2,27,28,34);1,19-20,23H,3-18H2,(H,25,30)(H,26,29)(H2,27,28,31);1H,3-4H2;1H3;1H3/i;;;1D;. The molecular weight excluding hydrogens is 1180 g/mol. The Labute approximate surface area is 514 Å². The smallest absolute Gasteiger partial charge is 0.335 e. The Balaban J connectivity index is 0.000000747. The van der Waals surface area contributed by atoms with Gasteiger partial charge in [0, 0.05) is 86.7 Å². The summed E-state index contributed by atoms with van der Waals surface area (Å²) in [6.07, 6.45) is 16.6. The number of rotatable bonds is 42. The Kier molecular flexibility index (Phi) is 47.6. The van der Waals surface area contributed by atoms with E-state index in [1.165, 1.54) is 0 Å². The van der Waals surface area contributed by atoms with Gasteiger partial charge in [-0.1, -0.05) is 24.7 Å². The van der Waals surface area contributed by atoms with Crippen molar-refractivity contribution in [1.82, 2.24) is 42.3 Å². The normalized spacial score (nSPS) is 19.5. The molecule has 0 spiro atoms. The summed E-state index contributed by atoms with van der Waals surface area (Å²) in [5.41, 5.74) is 4.79. The number of carbonyl (C=O) groups is 8. The zero-order valence-corrected chi connectivity index (χ0v) is 51.3. The molecule has 5 aliphatic heterocycles. The van der Waals surface area contributed by atoms with E-state index in [4.69, 9.17) is 56.3 Å². The number of amides is 9. The number of nitrogens with two attached hydrogens (primary N) is 1. The van der Waals surface area contributed by atoms with E-state index in [9.17, 15) is 42.7 Å². The highest BCUT2D eigenvalue weighted by Crippen LogP contribution is 2.34. The summed E-state index contributed by atoms with van der Waals surface area (Å²) in [5, 5.41) is 21.5. The molecule has 0 aliphatic carbocycles. The molecule has 6 atom stereocenters. The van der Waals surface area contributed by atoms with E-state index in [-0.39, 0.29) is 99.4 Å². The zero-order chi connectivity index (χ0) is 63.3. The van der Waals surface area contributed by atoms with Crippen molar-refractivity contribution in [2.24, 2.45) is 10.1 Å². The second-order valence-corrected chi connectivity index (χ2v) is 21.4. The Bertz CT molecular complexity index is 2010. The quantitative estimate of drug-likeness (QED) is 0.0178. The Morgan fingerprint density at radius 3 is 1.34 bits per heavy atom. The number of hydrogen-bond donors (Lipinski definition) is 8. The monoisotopic (exact) mass is 1270 g/mol. The fraction of sp³-hybridized carbons (Fsp3) is 0.778. The van der Waals surface area contributed by atoms with Gasteiger partial charge in [0.25, 0.3) is 11.8 Å². The summed E-state index contributed by atoms with van der Waals surface area (Å²) in [6, 6.07) is 0.782. The Morgan fingerprint density at radius 1 is 0.612 bits per heavy atom. The highest BCUT2D eigenvalue weighted by molar-refractivity contribution is 8.00. The van der Waals surface area contributed by atoms with Gasteiger partial charge in [-0.2, -0.15) is 23.5 Å². The predicted molar refractivity (Wildman–Crippen MR) is 319 cm³/mol. The number of thioether (sulfide) groups is 2. The highest BCUT2D eigenvalue weighted by Gasteiger charge is 2.43. The second-order valence-electron chi connectivity index (χ2n) is 18.5. The van der Waals surface area contributed by atoms with Gasteiger partial charge in [0.2, 0.25) is 17.7 Å². The molecule has 5 heterocycles. The molecule has 5 rings (SSSR count). The van der Waals surface area contributed by atoms with Crippen LogP contribution in [0, 0.1) is 24.7 Å². The third kappa shape index (κ3) is 39.4. The van der Waals surface area contributed by atoms with Gasteiger partial charge in [-0.05, 0) is 25.7 Å². The van der Waals surface area contributed by atoms with Crippen molar-refractivity contribution in [3.8, 4) is 24.7 Å². The average molecular weight is 1270 g/mol. The number of nitrogens with one attached hydrogen (secondary N) is 7. The van der Waals surface area contributed by atoms with Crippen LogP contribution in [-0.4, -0.2) is 245 Å². The lowest BCUT2D eigenvalue weighted by Gasteiger charge is -2.16. The third-order valence-corrected chi connectivity index (χ3v) is 15.2. The van der Waals surface area contributed by atoms with Crippen LogP contribution >= 0.6 is 23.5 Å². The fourth-order valence-electron chi connectivity index (χ4n) is 8.14. The molecule has 9 amide bonds. The van der Waals surface area contributed by atoms with Crippen LogP contribution in [0.1, 0.15) is 78.4 Å². The van der Waals surface area contributed by atoms with E-state index in [0.717, 1.165) is 50.0 Å². The van der Waals surface area contributed by atoms with E-state index < -0.39 is 24.9 Å². The van der Waals surface area contributed by atoms with Crippen LogP contribution in [0.5, 0.6) is 0 Å². The van der Waals surface area contributed by atoms with E-state index in [1.54, 1.807) is 7.05 Å². The number of ether oxygens (including phenoxy) is 8. The predicted octanol–water partition coefficient (Wildman–Crippen LogP) is 0.437. The number of carbonyl (C=O) groups excluding carboxylic acids is 8. The maximum Gasteiger partial charge on any atom is 0.335 e. The van der Waals surface area contributed by atoms with Crippen molar-refractivity contribution in [3.05, 3.63) is 0 Å². The van der Waals surface area contributed by atoms with Crippen LogP contribution < -0.4 is 43.0 Å². The van der Waals surface area contributed by atoms with E-state index in [0.29, 0.717) is 141 Å². The Morgan fingerprint density at radius 2 is 0.965 bits per heavy atom. The fourth-order valence-corrected chi connectivity index (χ4v) is 11.2. The average Bonchev–Trinajstić information content (AvgIpc) is 3.03. The third-order valence-electron chi connectivity index (χ3n) is 12.2. The van der Waals surface area contributed by atoms with Crippen molar-refractivity contribution in [1.29, 1.82) is 0 Å². The number of imide groups is 1. The van der Waals surface area contributed by atoms with Gasteiger partial charge in [0.15, 0.2) is 0 Å². The number of hydrogen-bond acceptors (Lipinski definition) is 22. The summed E-state index contributed by atoms with van der Waals surface area (Å²) in [4.78, 5) is 97.1. The van der Waals surface area contributed by atoms with Crippen molar-refractivity contribution in [2.45, 2.75) is 112 Å².